The van der Waals surface area contributed by atoms with Crippen LogP contribution in [0.1, 0.15) is 46.2 Å². The van der Waals surface area contributed by atoms with E-state index in [0.29, 0.717) is 5.41 Å². The van der Waals surface area contributed by atoms with Gasteiger partial charge in [0, 0.05) is 31.5 Å². The first kappa shape index (κ1) is 34.8. The zero-order chi connectivity index (χ0) is 32.6. The molecule has 3 aromatic heterocycles. The van der Waals surface area contributed by atoms with Crippen molar-refractivity contribution in [2.24, 2.45) is 5.41 Å². The van der Waals surface area contributed by atoms with Gasteiger partial charge in [0.05, 0.1) is 22.4 Å². The predicted octanol–water partition coefficient (Wildman–Crippen LogP) is 10.7. The average molecular weight is 859 g/mol. The van der Waals surface area contributed by atoms with E-state index in [1.165, 1.54) is 9.96 Å². The molecule has 0 aliphatic rings. The summed E-state index contributed by atoms with van der Waals surface area (Å²) >= 11 is -1.90. The molecule has 0 bridgehead atoms. The van der Waals surface area contributed by atoms with Crippen molar-refractivity contribution in [2.75, 3.05) is 0 Å². The van der Waals surface area contributed by atoms with Crippen molar-refractivity contribution in [3.05, 3.63) is 115 Å². The van der Waals surface area contributed by atoms with E-state index in [-0.39, 0.29) is 26.1 Å². The molecule has 7 aromatic rings. The van der Waals surface area contributed by atoms with E-state index >= 15 is 0 Å². The van der Waals surface area contributed by atoms with E-state index in [9.17, 15) is 0 Å². The zero-order valence-electron chi connectivity index (χ0n) is 28.6. The third-order valence-electron chi connectivity index (χ3n) is 8.18. The Bertz CT molecular complexity index is 2130. The van der Waals surface area contributed by atoms with E-state index in [1.54, 1.807) is 0 Å². The van der Waals surface area contributed by atoms with Crippen molar-refractivity contribution in [1.29, 1.82) is 0 Å². The molecule has 0 saturated heterocycles. The van der Waals surface area contributed by atoms with Crippen molar-refractivity contribution < 1.29 is 24.5 Å². The number of imidazole rings is 1. The number of fused-ring (bicyclic) bond motifs is 4. The number of pyridine rings is 1. The van der Waals surface area contributed by atoms with Gasteiger partial charge in [0.25, 0.3) is 0 Å². The Morgan fingerprint density at radius 1 is 0.851 bits per heavy atom. The summed E-state index contributed by atoms with van der Waals surface area (Å²) in [6, 6.07) is 37.7. The molecule has 0 N–H and O–H groups in total. The molecule has 6 heteroatoms. The van der Waals surface area contributed by atoms with Gasteiger partial charge in [0.2, 0.25) is 0 Å². The molecule has 4 nitrogen and oxygen atoms in total. The summed E-state index contributed by atoms with van der Waals surface area (Å²) in [6.07, 6.45) is 3.24. The SMILES string of the molecule is CC(C)(C)Cc1cc(-c2[c-]cccc2)nc[c]1[Ge]([CH3])([CH3])[CH3].CC(C)n1c(-c2[c-]ccc3c2oc2ccccc23)nc2ccccc21.[Ir]. The molecule has 47 heavy (non-hydrogen) atoms. The molecule has 7 rings (SSSR count). The second kappa shape index (κ2) is 13.9. The second-order valence-corrected chi connectivity index (χ2v) is 25.1. The Morgan fingerprint density at radius 3 is 2.28 bits per heavy atom. The molecule has 0 spiro atoms. The van der Waals surface area contributed by atoms with Crippen LogP contribution < -0.4 is 4.40 Å². The largest absolute Gasteiger partial charge is 0.501 e. The summed E-state index contributed by atoms with van der Waals surface area (Å²) in [6.45, 7) is 11.3. The first-order valence-corrected chi connectivity index (χ1v) is 23.5. The Morgan fingerprint density at radius 2 is 1.57 bits per heavy atom. The molecule has 0 aliphatic carbocycles. The third-order valence-corrected chi connectivity index (χ3v) is 12.5. The minimum absolute atomic E-state index is 0. The number of hydrogen-bond donors (Lipinski definition) is 0. The summed E-state index contributed by atoms with van der Waals surface area (Å²) in [4.78, 5) is 9.62. The molecule has 0 aliphatic heterocycles. The molecule has 243 valence electrons. The van der Waals surface area contributed by atoms with Gasteiger partial charge in [-0.05, 0) is 32.0 Å². The summed E-state index contributed by atoms with van der Waals surface area (Å²) in [7, 11) is 0. The summed E-state index contributed by atoms with van der Waals surface area (Å²) < 4.78 is 9.97. The maximum atomic E-state index is 6.18. The first-order valence-electron chi connectivity index (χ1n) is 16.2. The molecule has 0 fully saturated rings. The van der Waals surface area contributed by atoms with E-state index in [4.69, 9.17) is 14.4 Å². The summed E-state index contributed by atoms with van der Waals surface area (Å²) in [5.41, 5.74) is 8.69. The monoisotopic (exact) mass is 860 g/mol. The number of benzene rings is 4. The van der Waals surface area contributed by atoms with Gasteiger partial charge in [-0.15, -0.1) is 18.2 Å². The number of nitrogens with zero attached hydrogens (tertiary/aromatic N) is 3. The normalized spacial score (nSPS) is 11.9. The standard InChI is InChI=1S/C22H17N2O.C19H26GeN.Ir/c1-14(2)24-19-12-5-4-11-18(19)23-22(24)17-10-7-9-16-15-8-3-6-13-20(15)25-21(16)17;1-19(2,3)13-16-12-18(15-10-8-7-9-11-15)21-14-17(16)20(4,5)6;/h3-9,11-14H,1-2H3;7-10,12,14H,13H2,1-6H3;/q2*-1;. The second-order valence-electron chi connectivity index (χ2n) is 14.6. The number of para-hydroxylation sites is 3. The van der Waals surface area contributed by atoms with Crippen LogP contribution in [0.25, 0.3) is 55.6 Å². The van der Waals surface area contributed by atoms with Crippen LogP contribution >= 0.6 is 0 Å². The summed E-state index contributed by atoms with van der Waals surface area (Å²) in [5.74, 6) is 8.23. The van der Waals surface area contributed by atoms with Crippen molar-refractivity contribution in [1.82, 2.24) is 14.5 Å². The molecule has 4 aromatic carbocycles. The summed E-state index contributed by atoms with van der Waals surface area (Å²) in [5, 5.41) is 2.23. The van der Waals surface area contributed by atoms with Crippen LogP contribution in [0.3, 0.4) is 0 Å². The zero-order valence-corrected chi connectivity index (χ0v) is 33.1. The smallest absolute Gasteiger partial charge is 0.120 e. The fraction of sp³-hybridized carbons (Fsp3) is 0.268. The predicted molar refractivity (Wildman–Crippen MR) is 196 cm³/mol. The van der Waals surface area contributed by atoms with Crippen molar-refractivity contribution >= 4 is 50.6 Å². The number of aromatic nitrogens is 3. The van der Waals surface area contributed by atoms with E-state index < -0.39 is 13.3 Å². The third kappa shape index (κ3) is 7.48. The topological polar surface area (TPSA) is 43.9 Å². The fourth-order valence-electron chi connectivity index (χ4n) is 6.19. The van der Waals surface area contributed by atoms with Gasteiger partial charge in [-0.25, -0.2) is 0 Å². The fourth-order valence-corrected chi connectivity index (χ4v) is 9.50. The van der Waals surface area contributed by atoms with Crippen LogP contribution in [0.15, 0.2) is 102 Å². The maximum Gasteiger partial charge on any atom is 0.120 e. The molecule has 0 saturated carbocycles. The number of rotatable bonds is 5. The van der Waals surface area contributed by atoms with Crippen LogP contribution in [0.2, 0.25) is 17.3 Å². The molecule has 1 radical (unpaired) electrons. The number of hydrogen-bond acceptors (Lipinski definition) is 3. The molecule has 0 atom stereocenters. The van der Waals surface area contributed by atoms with Crippen LogP contribution in [0.5, 0.6) is 0 Å². The van der Waals surface area contributed by atoms with Crippen LogP contribution in [0, 0.1) is 17.5 Å². The van der Waals surface area contributed by atoms with Crippen molar-refractivity contribution in [3.8, 4) is 22.6 Å². The molecule has 3 heterocycles. The minimum atomic E-state index is -1.90. The van der Waals surface area contributed by atoms with Crippen LogP contribution in [-0.4, -0.2) is 27.8 Å². The van der Waals surface area contributed by atoms with Gasteiger partial charge in [-0.2, -0.15) is 0 Å². The Labute approximate surface area is 295 Å². The molecular weight excluding hydrogens is 815 g/mol. The van der Waals surface area contributed by atoms with Crippen LogP contribution in [0.4, 0.5) is 0 Å². The van der Waals surface area contributed by atoms with Gasteiger partial charge in [-0.1, -0.05) is 41.3 Å². The maximum absolute atomic E-state index is 6.18. The molecule has 0 amide bonds. The first-order chi connectivity index (χ1) is 21.9. The van der Waals surface area contributed by atoms with Gasteiger partial charge < -0.3 is 8.98 Å². The molecular formula is C41H43GeIrN3O-2. The minimum Gasteiger partial charge on any atom is -0.501 e. The Balaban J connectivity index is 0.000000184. The Kier molecular flexibility index (Phi) is 10.3. The van der Waals surface area contributed by atoms with Gasteiger partial charge in [0.15, 0.2) is 0 Å². The van der Waals surface area contributed by atoms with Crippen LogP contribution in [-0.2, 0) is 26.5 Å². The average Bonchev–Trinajstić information content (AvgIpc) is 3.59. The van der Waals surface area contributed by atoms with Gasteiger partial charge in [0.1, 0.15) is 5.58 Å². The van der Waals surface area contributed by atoms with E-state index in [2.05, 4.69) is 117 Å². The van der Waals surface area contributed by atoms with Gasteiger partial charge >= 0.3 is 132 Å². The Hall–Kier alpha value is -3.51. The quantitative estimate of drug-likeness (QED) is 0.128. The number of furan rings is 1. The van der Waals surface area contributed by atoms with E-state index in [1.807, 2.05) is 48.5 Å². The van der Waals surface area contributed by atoms with Gasteiger partial charge in [-0.3, -0.25) is 4.98 Å². The van der Waals surface area contributed by atoms with Crippen molar-refractivity contribution in [3.63, 3.8) is 0 Å². The van der Waals surface area contributed by atoms with E-state index in [0.717, 1.165) is 62.0 Å². The molecule has 0 unspecified atom stereocenters. The van der Waals surface area contributed by atoms with Crippen molar-refractivity contribution in [2.45, 2.75) is 64.4 Å².